The molecule has 2 aromatic rings. The zero-order valence-corrected chi connectivity index (χ0v) is 11.8. The summed E-state index contributed by atoms with van der Waals surface area (Å²) in [7, 11) is 0. The maximum Gasteiger partial charge on any atom is 0.186 e. The lowest BCUT2D eigenvalue weighted by molar-refractivity contribution is 0.104. The van der Waals surface area contributed by atoms with Crippen LogP contribution in [0.5, 0.6) is 0 Å². The van der Waals surface area contributed by atoms with Crippen molar-refractivity contribution in [2.75, 3.05) is 31.2 Å². The molecule has 1 aliphatic heterocycles. The van der Waals surface area contributed by atoms with Crippen LogP contribution in [0.25, 0.3) is 17.0 Å². The number of allylic oxidation sites excluding steroid dienone is 1. The molecule has 0 spiro atoms. The summed E-state index contributed by atoms with van der Waals surface area (Å²) < 4.78 is 5.41. The highest BCUT2D eigenvalue weighted by molar-refractivity contribution is 6.20. The molecule has 1 aromatic heterocycles. The summed E-state index contributed by atoms with van der Waals surface area (Å²) in [6.07, 6.45) is 3.37. The second-order valence-electron chi connectivity index (χ2n) is 5.31. The Kier molecular flexibility index (Phi) is 2.75. The van der Waals surface area contributed by atoms with Gasteiger partial charge in [0.25, 0.3) is 0 Å². The van der Waals surface area contributed by atoms with Gasteiger partial charge in [0.05, 0.1) is 30.1 Å². The van der Waals surface area contributed by atoms with Crippen molar-refractivity contribution in [3.63, 3.8) is 0 Å². The molecule has 0 amide bonds. The lowest BCUT2D eigenvalue weighted by Gasteiger charge is -2.30. The maximum absolute atomic E-state index is 12.1. The van der Waals surface area contributed by atoms with E-state index >= 15 is 0 Å². The van der Waals surface area contributed by atoms with Crippen molar-refractivity contribution in [2.45, 2.75) is 6.92 Å². The summed E-state index contributed by atoms with van der Waals surface area (Å²) in [6.45, 7) is 5.02. The third-order valence-corrected chi connectivity index (χ3v) is 3.98. The van der Waals surface area contributed by atoms with Gasteiger partial charge in [0.1, 0.15) is 5.82 Å². The standard InChI is InChI=1S/C16H15N3O2/c1-10-17-12-3-5-14(20)11-2-4-13(16(18-10)15(11)12)19-6-8-21-9-7-19/h2-5H,6-9H2,1H3. The van der Waals surface area contributed by atoms with Crippen molar-refractivity contribution in [3.05, 3.63) is 35.3 Å². The van der Waals surface area contributed by atoms with Crippen LogP contribution in [0.4, 0.5) is 5.69 Å². The molecule has 4 rings (SSSR count). The van der Waals surface area contributed by atoms with E-state index in [0.717, 1.165) is 54.4 Å². The third kappa shape index (κ3) is 1.93. The summed E-state index contributed by atoms with van der Waals surface area (Å²) in [4.78, 5) is 23.4. The van der Waals surface area contributed by atoms with Crippen LogP contribution in [-0.4, -0.2) is 42.1 Å². The van der Waals surface area contributed by atoms with Gasteiger partial charge in [-0.1, -0.05) is 0 Å². The van der Waals surface area contributed by atoms with Crippen molar-refractivity contribution < 1.29 is 9.53 Å². The Balaban J connectivity index is 2.00. The van der Waals surface area contributed by atoms with Crippen LogP contribution in [0.3, 0.4) is 0 Å². The Morgan fingerprint density at radius 3 is 2.76 bits per heavy atom. The van der Waals surface area contributed by atoms with Gasteiger partial charge >= 0.3 is 0 Å². The Hall–Kier alpha value is -2.27. The molecule has 106 valence electrons. The average molecular weight is 281 g/mol. The van der Waals surface area contributed by atoms with Gasteiger partial charge in [-0.05, 0) is 31.2 Å². The fraction of sp³-hybridized carbons (Fsp3) is 0.312. The number of hydrogen-bond acceptors (Lipinski definition) is 5. The molecule has 0 radical (unpaired) electrons. The molecule has 0 atom stereocenters. The number of carbonyl (C=O) groups is 1. The third-order valence-electron chi connectivity index (χ3n) is 3.98. The van der Waals surface area contributed by atoms with Crippen LogP contribution in [0.1, 0.15) is 21.9 Å². The molecule has 5 nitrogen and oxygen atoms in total. The summed E-state index contributed by atoms with van der Waals surface area (Å²) in [5, 5.41) is 0.872. The fourth-order valence-electron chi connectivity index (χ4n) is 3.00. The van der Waals surface area contributed by atoms with Gasteiger partial charge in [-0.3, -0.25) is 4.79 Å². The molecule has 1 fully saturated rings. The van der Waals surface area contributed by atoms with E-state index in [1.165, 1.54) is 0 Å². The highest BCUT2D eigenvalue weighted by atomic mass is 16.5. The molecule has 2 aliphatic rings. The Bertz CT molecular complexity index is 777. The first kappa shape index (κ1) is 12.5. The fourth-order valence-corrected chi connectivity index (χ4v) is 3.00. The van der Waals surface area contributed by atoms with Gasteiger partial charge in [0, 0.05) is 24.0 Å². The zero-order chi connectivity index (χ0) is 14.4. The van der Waals surface area contributed by atoms with Gasteiger partial charge in [0.15, 0.2) is 5.78 Å². The van der Waals surface area contributed by atoms with Crippen LogP contribution >= 0.6 is 0 Å². The van der Waals surface area contributed by atoms with Crippen LogP contribution < -0.4 is 4.90 Å². The Morgan fingerprint density at radius 2 is 1.95 bits per heavy atom. The molecular formula is C16H15N3O2. The molecule has 2 heterocycles. The molecule has 5 heteroatoms. The van der Waals surface area contributed by atoms with Gasteiger partial charge in [-0.15, -0.1) is 0 Å². The molecular weight excluding hydrogens is 266 g/mol. The Labute approximate surface area is 122 Å². The molecule has 0 saturated carbocycles. The predicted octanol–water partition coefficient (Wildman–Crippen LogP) is 1.98. The van der Waals surface area contributed by atoms with E-state index in [1.807, 2.05) is 19.1 Å². The minimum absolute atomic E-state index is 0.0217. The molecule has 21 heavy (non-hydrogen) atoms. The largest absolute Gasteiger partial charge is 0.378 e. The second kappa shape index (κ2) is 4.63. The number of ketones is 1. The van der Waals surface area contributed by atoms with E-state index in [-0.39, 0.29) is 5.78 Å². The molecule has 0 bridgehead atoms. The van der Waals surface area contributed by atoms with Crippen molar-refractivity contribution in [1.82, 2.24) is 9.97 Å². The molecule has 1 aromatic carbocycles. The van der Waals surface area contributed by atoms with Crippen LogP contribution in [0.15, 0.2) is 18.2 Å². The number of nitrogens with zero attached hydrogens (tertiary/aromatic N) is 3. The van der Waals surface area contributed by atoms with Crippen molar-refractivity contribution in [2.24, 2.45) is 0 Å². The monoisotopic (exact) mass is 281 g/mol. The van der Waals surface area contributed by atoms with Crippen molar-refractivity contribution in [3.8, 4) is 0 Å². The first-order valence-electron chi connectivity index (χ1n) is 7.10. The topological polar surface area (TPSA) is 55.3 Å². The summed E-state index contributed by atoms with van der Waals surface area (Å²) >= 11 is 0. The number of carbonyl (C=O) groups excluding carboxylic acids is 1. The molecule has 1 aliphatic carbocycles. The zero-order valence-electron chi connectivity index (χ0n) is 11.8. The predicted molar refractivity (Wildman–Crippen MR) is 80.7 cm³/mol. The number of aryl methyl sites for hydroxylation is 1. The Morgan fingerprint density at radius 1 is 1.14 bits per heavy atom. The maximum atomic E-state index is 12.1. The number of rotatable bonds is 1. The number of benzene rings is 1. The summed E-state index contributed by atoms with van der Waals surface area (Å²) in [6, 6.07) is 3.89. The minimum atomic E-state index is 0.0217. The second-order valence-corrected chi connectivity index (χ2v) is 5.31. The van der Waals surface area contributed by atoms with Gasteiger partial charge in [-0.25, -0.2) is 9.97 Å². The van der Waals surface area contributed by atoms with E-state index < -0.39 is 0 Å². The van der Waals surface area contributed by atoms with E-state index in [4.69, 9.17) is 4.74 Å². The molecule has 0 unspecified atom stereocenters. The lowest BCUT2D eigenvalue weighted by Crippen LogP contribution is -2.36. The smallest absolute Gasteiger partial charge is 0.186 e. The lowest BCUT2D eigenvalue weighted by atomic mass is 9.96. The quantitative estimate of drug-likeness (QED) is 0.800. The summed E-state index contributed by atoms with van der Waals surface area (Å²) in [5.74, 6) is 0.747. The number of aromatic nitrogens is 2. The number of ether oxygens (including phenoxy) is 1. The highest BCUT2D eigenvalue weighted by Crippen LogP contribution is 2.33. The van der Waals surface area contributed by atoms with E-state index in [0.29, 0.717) is 5.56 Å². The van der Waals surface area contributed by atoms with E-state index in [1.54, 1.807) is 12.2 Å². The van der Waals surface area contributed by atoms with Crippen LogP contribution in [-0.2, 0) is 4.74 Å². The SMILES string of the molecule is Cc1nc2c3c(ccc(N4CCOCC4)c3n1)C(=O)C=C2. The van der Waals surface area contributed by atoms with Crippen LogP contribution in [0, 0.1) is 6.92 Å². The number of anilines is 1. The molecule has 0 N–H and O–H groups in total. The number of hydrogen-bond donors (Lipinski definition) is 0. The normalized spacial score (nSPS) is 17.6. The van der Waals surface area contributed by atoms with Crippen molar-refractivity contribution >= 4 is 28.4 Å². The van der Waals surface area contributed by atoms with E-state index in [2.05, 4.69) is 14.9 Å². The van der Waals surface area contributed by atoms with Gasteiger partial charge < -0.3 is 9.64 Å². The first-order chi connectivity index (χ1) is 10.2. The molecule has 1 saturated heterocycles. The van der Waals surface area contributed by atoms with Crippen LogP contribution in [0.2, 0.25) is 0 Å². The van der Waals surface area contributed by atoms with Crippen molar-refractivity contribution in [1.29, 1.82) is 0 Å². The first-order valence-corrected chi connectivity index (χ1v) is 7.10. The highest BCUT2D eigenvalue weighted by Gasteiger charge is 2.22. The van der Waals surface area contributed by atoms with Gasteiger partial charge in [-0.2, -0.15) is 0 Å². The van der Waals surface area contributed by atoms with Gasteiger partial charge in [0.2, 0.25) is 0 Å². The summed E-state index contributed by atoms with van der Waals surface area (Å²) in [5.41, 5.74) is 3.46. The average Bonchev–Trinajstić information content (AvgIpc) is 2.51. The number of morpholine rings is 1. The minimum Gasteiger partial charge on any atom is -0.378 e. The van der Waals surface area contributed by atoms with E-state index in [9.17, 15) is 4.79 Å².